The maximum Gasteiger partial charge on any atom is 0.587 e. The van der Waals surface area contributed by atoms with Gasteiger partial charge in [-0.25, -0.2) is 9.13 Å². The second kappa shape index (κ2) is 7.97. The van der Waals surface area contributed by atoms with E-state index < -0.39 is 7.82 Å². The van der Waals surface area contributed by atoms with Crippen molar-refractivity contribution in [1.82, 2.24) is 0 Å². The number of aryl methyl sites for hydroxylation is 1. The minimum atomic E-state index is -3.85. The van der Waals surface area contributed by atoms with Gasteiger partial charge in [0, 0.05) is 12.1 Å². The van der Waals surface area contributed by atoms with Gasteiger partial charge in [-0.15, -0.1) is 0 Å². The van der Waals surface area contributed by atoms with Crippen LogP contribution in [-0.4, -0.2) is 0 Å². The van der Waals surface area contributed by atoms with Crippen LogP contribution < -0.4 is 13.6 Å². The third-order valence-corrected chi connectivity index (χ3v) is 4.67. The highest BCUT2D eigenvalue weighted by molar-refractivity contribution is 7.49. The van der Waals surface area contributed by atoms with Crippen LogP contribution in [0.1, 0.15) is 5.56 Å². The first kappa shape index (κ1) is 17.2. The van der Waals surface area contributed by atoms with Crippen molar-refractivity contribution >= 4 is 7.82 Å². The molecule has 0 saturated heterocycles. The summed E-state index contributed by atoms with van der Waals surface area (Å²) in [4.78, 5) is 0. The summed E-state index contributed by atoms with van der Waals surface area (Å²) in [6.07, 6.45) is 3.78. The summed E-state index contributed by atoms with van der Waals surface area (Å²) in [5.74, 6) is 0.836. The van der Waals surface area contributed by atoms with Crippen LogP contribution in [0.4, 0.5) is 0 Å². The predicted octanol–water partition coefficient (Wildman–Crippen LogP) is 4.29. The van der Waals surface area contributed by atoms with Gasteiger partial charge in [0.2, 0.25) is 0 Å². The number of phosphoric ester groups is 1. The van der Waals surface area contributed by atoms with Crippen LogP contribution in [-0.2, 0) is 22.7 Å². The second-order valence-electron chi connectivity index (χ2n) is 5.40. The highest BCUT2D eigenvalue weighted by Crippen LogP contribution is 2.50. The first-order chi connectivity index (χ1) is 12.1. The second-order valence-corrected chi connectivity index (χ2v) is 6.92. The van der Waals surface area contributed by atoms with Crippen LogP contribution >= 0.6 is 7.82 Å². The van der Waals surface area contributed by atoms with Crippen LogP contribution in [0.25, 0.3) is 0 Å². The van der Waals surface area contributed by atoms with Crippen molar-refractivity contribution in [3.8, 4) is 11.5 Å². The fourth-order valence-corrected chi connectivity index (χ4v) is 3.28. The van der Waals surface area contributed by atoms with Gasteiger partial charge in [0.1, 0.15) is 18.5 Å². The molecule has 3 aromatic rings. The lowest BCUT2D eigenvalue weighted by atomic mass is 10.3. The van der Waals surface area contributed by atoms with Crippen LogP contribution in [0.2, 0.25) is 0 Å². The Morgan fingerprint density at radius 3 is 1.76 bits per heavy atom. The average Bonchev–Trinajstić information content (AvgIpc) is 2.63. The summed E-state index contributed by atoms with van der Waals surface area (Å²) < 4.78 is 31.7. The fraction of sp³-hybridized carbons (Fsp3) is 0.105. The molecule has 0 atom stereocenters. The minimum Gasteiger partial charge on any atom is -0.395 e. The Kier molecular flexibility index (Phi) is 5.49. The quantitative estimate of drug-likeness (QED) is 0.468. The minimum absolute atomic E-state index is 0.109. The molecule has 0 fully saturated rings. The van der Waals surface area contributed by atoms with E-state index in [2.05, 4.69) is 0 Å². The molecular formula is C19H19NO4P+. The predicted molar refractivity (Wildman–Crippen MR) is 94.2 cm³/mol. The average molecular weight is 356 g/mol. The zero-order valence-electron chi connectivity index (χ0n) is 13.8. The number of hydrogen-bond acceptors (Lipinski definition) is 4. The van der Waals surface area contributed by atoms with E-state index in [4.69, 9.17) is 13.6 Å². The molecule has 25 heavy (non-hydrogen) atoms. The van der Waals surface area contributed by atoms with Crippen LogP contribution in [0, 0.1) is 0 Å². The first-order valence-corrected chi connectivity index (χ1v) is 9.27. The first-order valence-electron chi connectivity index (χ1n) is 7.81. The van der Waals surface area contributed by atoms with Crippen molar-refractivity contribution in [3.63, 3.8) is 0 Å². The maximum absolute atomic E-state index is 13.1. The molecule has 128 valence electrons. The molecule has 0 saturated carbocycles. The van der Waals surface area contributed by atoms with Gasteiger partial charge in [0.25, 0.3) is 0 Å². The standard InChI is InChI=1S/C19H19NO4P/c1-20-14-12-17(13-15-20)16-22-25(21,23-18-8-4-2-5-9-18)24-19-10-6-3-7-11-19/h2-15H,16H2,1H3/q+1. The molecule has 0 aliphatic carbocycles. The number of para-hydroxylation sites is 2. The molecule has 0 aliphatic heterocycles. The van der Waals surface area contributed by atoms with Gasteiger partial charge in [-0.05, 0) is 29.8 Å². The fourth-order valence-electron chi connectivity index (χ4n) is 2.07. The Morgan fingerprint density at radius 2 is 1.28 bits per heavy atom. The number of pyridine rings is 1. The molecule has 3 rings (SSSR count). The van der Waals surface area contributed by atoms with E-state index in [-0.39, 0.29) is 6.61 Å². The normalized spacial score (nSPS) is 11.1. The molecule has 0 aliphatic rings. The van der Waals surface area contributed by atoms with E-state index in [1.807, 2.05) is 48.3 Å². The number of hydrogen-bond donors (Lipinski definition) is 0. The third-order valence-electron chi connectivity index (χ3n) is 3.36. The van der Waals surface area contributed by atoms with E-state index in [0.717, 1.165) is 5.56 Å². The van der Waals surface area contributed by atoms with Crippen molar-refractivity contribution in [2.75, 3.05) is 0 Å². The molecular weight excluding hydrogens is 337 g/mol. The van der Waals surface area contributed by atoms with Crippen molar-refractivity contribution in [2.24, 2.45) is 7.05 Å². The van der Waals surface area contributed by atoms with E-state index in [1.54, 1.807) is 48.5 Å². The molecule has 1 aromatic heterocycles. The summed E-state index contributed by atoms with van der Waals surface area (Å²) in [7, 11) is -1.92. The summed E-state index contributed by atoms with van der Waals surface area (Å²) in [6, 6.07) is 21.4. The van der Waals surface area contributed by atoms with Crippen LogP contribution in [0.3, 0.4) is 0 Å². The Bertz CT molecular complexity index is 793. The third kappa shape index (κ3) is 5.18. The molecule has 0 amide bonds. The van der Waals surface area contributed by atoms with E-state index >= 15 is 0 Å². The van der Waals surface area contributed by atoms with Crippen molar-refractivity contribution in [3.05, 3.63) is 90.8 Å². The van der Waals surface area contributed by atoms with E-state index in [1.165, 1.54) is 0 Å². The lowest BCUT2D eigenvalue weighted by Gasteiger charge is -2.19. The maximum atomic E-state index is 13.1. The zero-order valence-corrected chi connectivity index (χ0v) is 14.7. The molecule has 0 bridgehead atoms. The van der Waals surface area contributed by atoms with Gasteiger partial charge in [-0.1, -0.05) is 36.4 Å². The van der Waals surface area contributed by atoms with Gasteiger partial charge in [0.05, 0.1) is 6.61 Å². The lowest BCUT2D eigenvalue weighted by Crippen LogP contribution is -2.26. The highest BCUT2D eigenvalue weighted by Gasteiger charge is 2.31. The Hall–Kier alpha value is -2.62. The number of phosphoric acid groups is 1. The number of nitrogens with zero attached hydrogens (tertiary/aromatic N) is 1. The van der Waals surface area contributed by atoms with Crippen molar-refractivity contribution in [1.29, 1.82) is 0 Å². The Morgan fingerprint density at radius 1 is 0.800 bits per heavy atom. The number of benzene rings is 2. The highest BCUT2D eigenvalue weighted by atomic mass is 31.2. The van der Waals surface area contributed by atoms with Gasteiger partial charge in [-0.3, -0.25) is 4.52 Å². The molecule has 1 heterocycles. The van der Waals surface area contributed by atoms with Gasteiger partial charge < -0.3 is 9.05 Å². The Balaban J connectivity index is 1.77. The molecule has 2 aromatic carbocycles. The molecule has 0 spiro atoms. The molecule has 0 radical (unpaired) electrons. The van der Waals surface area contributed by atoms with Gasteiger partial charge in [-0.2, -0.15) is 0 Å². The molecule has 5 nitrogen and oxygen atoms in total. The molecule has 0 unspecified atom stereocenters. The largest absolute Gasteiger partial charge is 0.587 e. The SMILES string of the molecule is C[n+]1ccc(COP(=O)(Oc2ccccc2)Oc2ccccc2)cc1. The summed E-state index contributed by atoms with van der Waals surface area (Å²) in [5.41, 5.74) is 0.867. The topological polar surface area (TPSA) is 48.6 Å². The van der Waals surface area contributed by atoms with Crippen LogP contribution in [0.5, 0.6) is 11.5 Å². The van der Waals surface area contributed by atoms with Gasteiger partial charge >= 0.3 is 7.82 Å². The van der Waals surface area contributed by atoms with Crippen molar-refractivity contribution < 1.29 is 22.7 Å². The summed E-state index contributed by atoms with van der Waals surface area (Å²) in [6.45, 7) is 0.109. The Labute approximate surface area is 147 Å². The van der Waals surface area contributed by atoms with Gasteiger partial charge in [0.15, 0.2) is 12.4 Å². The summed E-state index contributed by atoms with van der Waals surface area (Å²) >= 11 is 0. The molecule has 6 heteroatoms. The smallest absolute Gasteiger partial charge is 0.395 e. The summed E-state index contributed by atoms with van der Waals surface area (Å²) in [5, 5.41) is 0. The van der Waals surface area contributed by atoms with E-state index in [0.29, 0.717) is 11.5 Å². The number of aromatic nitrogens is 1. The van der Waals surface area contributed by atoms with E-state index in [9.17, 15) is 4.57 Å². The number of rotatable bonds is 7. The van der Waals surface area contributed by atoms with Crippen LogP contribution in [0.15, 0.2) is 85.2 Å². The monoisotopic (exact) mass is 356 g/mol. The van der Waals surface area contributed by atoms with Crippen molar-refractivity contribution in [2.45, 2.75) is 6.61 Å². The molecule has 0 N–H and O–H groups in total. The lowest BCUT2D eigenvalue weighted by molar-refractivity contribution is -0.671. The zero-order chi connectivity index (χ0) is 17.5.